The molecule has 28 heavy (non-hydrogen) atoms. The molecule has 2 aromatic carbocycles. The van der Waals surface area contributed by atoms with Crippen molar-refractivity contribution in [3.05, 3.63) is 65.0 Å². The summed E-state index contributed by atoms with van der Waals surface area (Å²) in [4.78, 5) is 4.45. The molecule has 4 nitrogen and oxygen atoms in total. The number of benzene rings is 2. The van der Waals surface area contributed by atoms with E-state index in [0.717, 1.165) is 36.6 Å². The highest BCUT2D eigenvalue weighted by Crippen LogP contribution is 2.26. The van der Waals surface area contributed by atoms with Gasteiger partial charge in [-0.05, 0) is 12.5 Å². The highest BCUT2D eigenvalue weighted by atomic mass is 32.1. The molecule has 1 heterocycles. The lowest BCUT2D eigenvalue weighted by molar-refractivity contribution is 0.290. The third-order valence-electron chi connectivity index (χ3n) is 3.97. The van der Waals surface area contributed by atoms with Crippen LogP contribution in [0.2, 0.25) is 0 Å². The van der Waals surface area contributed by atoms with Gasteiger partial charge in [0.1, 0.15) is 5.82 Å². The van der Waals surface area contributed by atoms with E-state index >= 15 is 0 Å². The van der Waals surface area contributed by atoms with Gasteiger partial charge in [-0.1, -0.05) is 50.1 Å². The maximum Gasteiger partial charge on any atom is 0.203 e. The van der Waals surface area contributed by atoms with Crippen LogP contribution in [-0.2, 0) is 0 Å². The van der Waals surface area contributed by atoms with Gasteiger partial charge in [0.2, 0.25) is 5.13 Å². The quantitative estimate of drug-likeness (QED) is 0.268. The summed E-state index contributed by atoms with van der Waals surface area (Å²) in [5, 5.41) is 6.56. The molecule has 0 amide bonds. The highest BCUT2D eigenvalue weighted by Gasteiger charge is 2.12. The summed E-state index contributed by atoms with van der Waals surface area (Å²) in [6.45, 7) is 2.45. The Kier molecular flexibility index (Phi) is 7.08. The molecule has 0 atom stereocenters. The summed E-state index contributed by atoms with van der Waals surface area (Å²) in [5.74, 6) is -1.41. The summed E-state index contributed by atoms with van der Waals surface area (Å²) >= 11 is 1.39. The lowest BCUT2D eigenvalue weighted by Crippen LogP contribution is -2.04. The average molecular weight is 401 g/mol. The van der Waals surface area contributed by atoms with Crippen LogP contribution in [0.15, 0.2) is 52.9 Å². The van der Waals surface area contributed by atoms with Crippen molar-refractivity contribution >= 4 is 22.7 Å². The first kappa shape index (κ1) is 19.9. The molecule has 0 spiro atoms. The van der Waals surface area contributed by atoms with Crippen LogP contribution in [0.4, 0.5) is 13.9 Å². The molecule has 146 valence electrons. The van der Waals surface area contributed by atoms with Gasteiger partial charge in [0, 0.05) is 22.6 Å². The van der Waals surface area contributed by atoms with Crippen LogP contribution in [0.1, 0.15) is 31.7 Å². The van der Waals surface area contributed by atoms with Gasteiger partial charge in [-0.2, -0.15) is 5.10 Å². The zero-order valence-electron chi connectivity index (χ0n) is 15.5. The maximum absolute atomic E-state index is 14.1. The molecule has 3 aromatic rings. The number of unbranched alkanes of at least 4 members (excludes halogenated alkanes) is 2. The number of rotatable bonds is 9. The van der Waals surface area contributed by atoms with E-state index in [2.05, 4.69) is 22.4 Å². The summed E-state index contributed by atoms with van der Waals surface area (Å²) in [6.07, 6.45) is 4.17. The van der Waals surface area contributed by atoms with E-state index in [1.165, 1.54) is 23.6 Å². The van der Waals surface area contributed by atoms with E-state index < -0.39 is 11.6 Å². The fourth-order valence-electron chi connectivity index (χ4n) is 2.58. The molecule has 0 aliphatic carbocycles. The number of hydrogen-bond acceptors (Lipinski definition) is 5. The Labute approximate surface area is 166 Å². The Morgan fingerprint density at radius 3 is 2.79 bits per heavy atom. The summed E-state index contributed by atoms with van der Waals surface area (Å²) in [5.41, 5.74) is 4.88. The second kappa shape index (κ2) is 9.94. The van der Waals surface area contributed by atoms with Crippen molar-refractivity contribution in [3.63, 3.8) is 0 Å². The monoisotopic (exact) mass is 401 g/mol. The van der Waals surface area contributed by atoms with E-state index in [4.69, 9.17) is 4.74 Å². The number of anilines is 1. The molecular formula is C21H21F2N3OS. The number of nitrogens with one attached hydrogen (secondary N) is 1. The average Bonchev–Trinajstić information content (AvgIpc) is 3.16. The van der Waals surface area contributed by atoms with Gasteiger partial charge in [-0.15, -0.1) is 11.3 Å². The van der Waals surface area contributed by atoms with Crippen LogP contribution in [0.5, 0.6) is 5.75 Å². The van der Waals surface area contributed by atoms with Crippen LogP contribution in [0, 0.1) is 11.6 Å². The first-order valence-electron chi connectivity index (χ1n) is 9.09. The molecule has 0 unspecified atom stereocenters. The van der Waals surface area contributed by atoms with E-state index in [9.17, 15) is 8.78 Å². The van der Waals surface area contributed by atoms with Crippen LogP contribution >= 0.6 is 11.3 Å². The minimum atomic E-state index is -0.737. The van der Waals surface area contributed by atoms with Crippen molar-refractivity contribution in [2.24, 2.45) is 5.10 Å². The van der Waals surface area contributed by atoms with Crippen molar-refractivity contribution in [2.45, 2.75) is 26.2 Å². The molecule has 0 bridgehead atoms. The molecule has 3 rings (SSSR count). The van der Waals surface area contributed by atoms with E-state index in [-0.39, 0.29) is 11.3 Å². The van der Waals surface area contributed by atoms with E-state index in [1.807, 2.05) is 35.7 Å². The molecule has 1 aromatic heterocycles. The van der Waals surface area contributed by atoms with Crippen LogP contribution < -0.4 is 10.2 Å². The predicted octanol–water partition coefficient (Wildman–Crippen LogP) is 6.10. The third kappa shape index (κ3) is 5.36. The van der Waals surface area contributed by atoms with Gasteiger partial charge < -0.3 is 4.74 Å². The lowest BCUT2D eigenvalue weighted by Gasteiger charge is -2.10. The second-order valence-corrected chi connectivity index (χ2v) is 6.99. The zero-order chi connectivity index (χ0) is 19.8. The van der Waals surface area contributed by atoms with Gasteiger partial charge in [0.05, 0.1) is 18.5 Å². The molecular weight excluding hydrogens is 380 g/mol. The minimum absolute atomic E-state index is 0.00664. The van der Waals surface area contributed by atoms with Gasteiger partial charge in [-0.3, -0.25) is 5.43 Å². The Balaban J connectivity index is 1.69. The summed E-state index contributed by atoms with van der Waals surface area (Å²) in [6, 6.07) is 11.8. The van der Waals surface area contributed by atoms with Gasteiger partial charge in [0.15, 0.2) is 11.6 Å². The van der Waals surface area contributed by atoms with Crippen LogP contribution in [0.25, 0.3) is 11.3 Å². The summed E-state index contributed by atoms with van der Waals surface area (Å²) < 4.78 is 33.2. The normalized spacial score (nSPS) is 11.1. The van der Waals surface area contributed by atoms with Crippen molar-refractivity contribution in [3.8, 4) is 17.0 Å². The Bertz CT molecular complexity index is 929. The molecule has 0 aliphatic heterocycles. The van der Waals surface area contributed by atoms with E-state index in [0.29, 0.717) is 11.7 Å². The minimum Gasteiger partial charge on any atom is -0.490 e. The predicted molar refractivity (Wildman–Crippen MR) is 110 cm³/mol. The first-order chi connectivity index (χ1) is 13.7. The number of aromatic nitrogens is 1. The van der Waals surface area contributed by atoms with Crippen molar-refractivity contribution in [1.82, 2.24) is 4.98 Å². The molecule has 0 fully saturated rings. The van der Waals surface area contributed by atoms with Crippen molar-refractivity contribution in [1.29, 1.82) is 0 Å². The Morgan fingerprint density at radius 2 is 2.00 bits per heavy atom. The highest BCUT2D eigenvalue weighted by molar-refractivity contribution is 7.14. The zero-order valence-corrected chi connectivity index (χ0v) is 16.3. The van der Waals surface area contributed by atoms with E-state index in [1.54, 1.807) is 0 Å². The Morgan fingerprint density at radius 1 is 1.18 bits per heavy atom. The number of halogens is 2. The molecule has 1 N–H and O–H groups in total. The topological polar surface area (TPSA) is 46.5 Å². The van der Waals surface area contributed by atoms with Gasteiger partial charge in [-0.25, -0.2) is 13.8 Å². The molecule has 0 saturated carbocycles. The largest absolute Gasteiger partial charge is 0.490 e. The number of ether oxygens (including phenoxy) is 1. The number of thiazole rings is 1. The van der Waals surface area contributed by atoms with Crippen molar-refractivity contribution < 1.29 is 13.5 Å². The molecule has 0 aliphatic rings. The lowest BCUT2D eigenvalue weighted by atomic mass is 10.2. The van der Waals surface area contributed by atoms with Gasteiger partial charge in [0.25, 0.3) is 0 Å². The molecule has 0 radical (unpaired) electrons. The number of hydrogen-bond donors (Lipinski definition) is 1. The molecule has 7 heteroatoms. The van der Waals surface area contributed by atoms with Crippen LogP contribution in [0.3, 0.4) is 0 Å². The second-order valence-electron chi connectivity index (χ2n) is 6.14. The molecule has 0 saturated heterocycles. The van der Waals surface area contributed by atoms with Gasteiger partial charge >= 0.3 is 0 Å². The fraction of sp³-hybridized carbons (Fsp3) is 0.238. The smallest absolute Gasteiger partial charge is 0.203 e. The van der Waals surface area contributed by atoms with Crippen LogP contribution in [-0.4, -0.2) is 17.8 Å². The standard InChI is InChI=1S/C21H21F2N3OS/c1-2-3-7-10-27-20-16(11-17(22)12-18(20)23)13-24-26-21-25-19(14-28-21)15-8-5-4-6-9-15/h4-6,8-9,11-14H,2-3,7,10H2,1H3,(H,25,26). The summed E-state index contributed by atoms with van der Waals surface area (Å²) in [7, 11) is 0. The van der Waals surface area contributed by atoms with Crippen molar-refractivity contribution in [2.75, 3.05) is 12.0 Å². The fourth-order valence-corrected chi connectivity index (χ4v) is 3.25. The SMILES string of the molecule is CCCCCOc1c(F)cc(F)cc1C=NNc1nc(-c2ccccc2)cs1. The maximum atomic E-state index is 14.1. The Hall–Kier alpha value is -2.80. The first-order valence-corrected chi connectivity index (χ1v) is 9.97. The number of nitrogens with zero attached hydrogens (tertiary/aromatic N) is 2. The number of hydrazone groups is 1. The third-order valence-corrected chi connectivity index (χ3v) is 4.72.